The van der Waals surface area contributed by atoms with E-state index in [0.717, 1.165) is 18.2 Å². The van der Waals surface area contributed by atoms with E-state index in [0.29, 0.717) is 0 Å². The van der Waals surface area contributed by atoms with Gasteiger partial charge in [0.25, 0.3) is 0 Å². The minimum atomic E-state index is -1.16. The van der Waals surface area contributed by atoms with Crippen LogP contribution in [0.3, 0.4) is 0 Å². The number of aliphatic hydroxyl groups excluding tert-OH is 1. The number of ether oxygens (including phenoxy) is 4. The van der Waals surface area contributed by atoms with E-state index in [4.69, 9.17) is 18.9 Å². The molecule has 0 unspecified atom stereocenters. The van der Waals surface area contributed by atoms with Crippen LogP contribution in [0.1, 0.15) is 13.8 Å². The normalized spacial score (nSPS) is 11.2. The summed E-state index contributed by atoms with van der Waals surface area (Å²) in [6.07, 6.45) is 3.03. The minimum absolute atomic E-state index is 0.0722. The van der Waals surface area contributed by atoms with Crippen LogP contribution in [0.4, 0.5) is 0 Å². The Kier molecular flexibility index (Phi) is 10.9. The molecule has 0 radical (unpaired) electrons. The zero-order valence-electron chi connectivity index (χ0n) is 15.9. The summed E-state index contributed by atoms with van der Waals surface area (Å²) in [4.78, 5) is 33.8. The molecule has 0 bridgehead atoms. The molecule has 152 valence electrons. The zero-order chi connectivity index (χ0) is 20.9. The molecule has 0 aromatic heterocycles. The van der Waals surface area contributed by atoms with Crippen LogP contribution in [0.5, 0.6) is 0 Å². The Morgan fingerprint density at radius 2 is 1.19 bits per heavy atom. The van der Waals surface area contributed by atoms with Gasteiger partial charge in [0.05, 0.1) is 31.8 Å². The molecule has 0 aliphatic heterocycles. The van der Waals surface area contributed by atoms with Crippen molar-refractivity contribution >= 4 is 17.9 Å². The molecule has 0 aromatic carbocycles. The summed E-state index contributed by atoms with van der Waals surface area (Å²) in [5.41, 5.74) is -1.68. The molecule has 0 spiro atoms. The molecule has 27 heavy (non-hydrogen) atoms. The number of hydrogen-bond donors (Lipinski definition) is 1. The Morgan fingerprint density at radius 3 is 1.56 bits per heavy atom. The van der Waals surface area contributed by atoms with Gasteiger partial charge in [-0.3, -0.25) is 0 Å². The van der Waals surface area contributed by atoms with Crippen LogP contribution >= 0.6 is 0 Å². The molecule has 0 fully saturated rings. The van der Waals surface area contributed by atoms with Crippen LogP contribution in [-0.2, 0) is 33.3 Å². The molecule has 8 heteroatoms. The Bertz CT molecular complexity index is 526. The number of aliphatic hydroxyl groups is 1. The third-order valence-electron chi connectivity index (χ3n) is 3.38. The van der Waals surface area contributed by atoms with Gasteiger partial charge in [0.15, 0.2) is 0 Å². The standard InChI is InChI=1S/C19H28O8/c1-6-15(21)25-11-18(4,5)10-24-12-19(9-20,13-26-16(22)7-2)14-27-17(23)8-3/h6-8,20H,1-3,9-14H2,4-5H3. The monoisotopic (exact) mass is 384 g/mol. The topological polar surface area (TPSA) is 108 Å². The lowest BCUT2D eigenvalue weighted by Gasteiger charge is -2.32. The molecule has 0 atom stereocenters. The van der Waals surface area contributed by atoms with Crippen molar-refractivity contribution in [1.29, 1.82) is 0 Å². The van der Waals surface area contributed by atoms with Gasteiger partial charge in [0, 0.05) is 23.6 Å². The van der Waals surface area contributed by atoms with Crippen LogP contribution in [0.25, 0.3) is 0 Å². The molecular formula is C19H28O8. The first-order valence-electron chi connectivity index (χ1n) is 8.20. The summed E-state index contributed by atoms with van der Waals surface area (Å²) in [5.74, 6) is -1.90. The van der Waals surface area contributed by atoms with E-state index in [1.807, 2.05) is 13.8 Å². The fraction of sp³-hybridized carbons (Fsp3) is 0.526. The predicted molar refractivity (Wildman–Crippen MR) is 97.6 cm³/mol. The molecule has 0 saturated carbocycles. The lowest BCUT2D eigenvalue weighted by atomic mass is 9.91. The summed E-state index contributed by atoms with van der Waals surface area (Å²) < 4.78 is 20.6. The van der Waals surface area contributed by atoms with Gasteiger partial charge in [-0.2, -0.15) is 0 Å². The van der Waals surface area contributed by atoms with Crippen molar-refractivity contribution in [2.75, 3.05) is 39.6 Å². The summed E-state index contributed by atoms with van der Waals surface area (Å²) in [5, 5.41) is 9.79. The Morgan fingerprint density at radius 1 is 0.778 bits per heavy atom. The Balaban J connectivity index is 4.88. The van der Waals surface area contributed by atoms with E-state index in [-0.39, 0.29) is 33.0 Å². The maximum absolute atomic E-state index is 11.3. The molecule has 0 aromatic rings. The zero-order valence-corrected chi connectivity index (χ0v) is 15.9. The SMILES string of the molecule is C=CC(=O)OCC(C)(C)COCC(CO)(COC(=O)C=C)COC(=O)C=C. The van der Waals surface area contributed by atoms with Crippen LogP contribution in [0, 0.1) is 10.8 Å². The van der Waals surface area contributed by atoms with Gasteiger partial charge in [-0.05, 0) is 0 Å². The van der Waals surface area contributed by atoms with E-state index in [2.05, 4.69) is 19.7 Å². The van der Waals surface area contributed by atoms with Crippen molar-refractivity contribution in [3.8, 4) is 0 Å². The van der Waals surface area contributed by atoms with Crippen LogP contribution in [-0.4, -0.2) is 62.7 Å². The van der Waals surface area contributed by atoms with Gasteiger partial charge in [0.2, 0.25) is 0 Å². The molecule has 0 saturated heterocycles. The molecule has 0 rings (SSSR count). The number of carbonyl (C=O) groups is 3. The average Bonchev–Trinajstić information content (AvgIpc) is 2.67. The summed E-state index contributed by atoms with van der Waals surface area (Å²) >= 11 is 0. The van der Waals surface area contributed by atoms with Gasteiger partial charge in [0.1, 0.15) is 13.2 Å². The smallest absolute Gasteiger partial charge is 0.330 e. The fourth-order valence-corrected chi connectivity index (χ4v) is 1.74. The molecule has 0 amide bonds. The predicted octanol–water partition coefficient (Wildman–Crippen LogP) is 1.20. The minimum Gasteiger partial charge on any atom is -0.462 e. The maximum atomic E-state index is 11.3. The van der Waals surface area contributed by atoms with Crippen LogP contribution < -0.4 is 0 Å². The van der Waals surface area contributed by atoms with E-state index < -0.39 is 35.3 Å². The molecule has 0 heterocycles. The van der Waals surface area contributed by atoms with Crippen molar-refractivity contribution in [2.45, 2.75) is 13.8 Å². The average molecular weight is 384 g/mol. The van der Waals surface area contributed by atoms with E-state index in [1.165, 1.54) is 0 Å². The highest BCUT2D eigenvalue weighted by atomic mass is 16.6. The number of rotatable bonds is 14. The quantitative estimate of drug-likeness (QED) is 0.270. The molecule has 1 N–H and O–H groups in total. The molecule has 0 aliphatic carbocycles. The fourth-order valence-electron chi connectivity index (χ4n) is 1.74. The van der Waals surface area contributed by atoms with Gasteiger partial charge >= 0.3 is 17.9 Å². The van der Waals surface area contributed by atoms with Crippen LogP contribution in [0.2, 0.25) is 0 Å². The number of esters is 3. The largest absolute Gasteiger partial charge is 0.462 e. The third kappa shape index (κ3) is 10.3. The number of carbonyl (C=O) groups excluding carboxylic acids is 3. The molecular weight excluding hydrogens is 356 g/mol. The lowest BCUT2D eigenvalue weighted by Crippen LogP contribution is -2.42. The second-order valence-electron chi connectivity index (χ2n) is 6.75. The highest BCUT2D eigenvalue weighted by Gasteiger charge is 2.34. The summed E-state index contributed by atoms with van der Waals surface area (Å²) in [6, 6.07) is 0. The van der Waals surface area contributed by atoms with Gasteiger partial charge < -0.3 is 24.1 Å². The maximum Gasteiger partial charge on any atom is 0.330 e. The highest BCUT2D eigenvalue weighted by molar-refractivity contribution is 5.82. The van der Waals surface area contributed by atoms with Crippen molar-refractivity contribution in [3.05, 3.63) is 38.0 Å². The first-order valence-corrected chi connectivity index (χ1v) is 8.20. The lowest BCUT2D eigenvalue weighted by molar-refractivity contribution is -0.156. The molecule has 8 nitrogen and oxygen atoms in total. The van der Waals surface area contributed by atoms with Crippen molar-refractivity contribution in [1.82, 2.24) is 0 Å². The number of hydrogen-bond acceptors (Lipinski definition) is 8. The second-order valence-corrected chi connectivity index (χ2v) is 6.75. The first-order chi connectivity index (χ1) is 12.6. The third-order valence-corrected chi connectivity index (χ3v) is 3.38. The van der Waals surface area contributed by atoms with Crippen molar-refractivity contribution < 1.29 is 38.4 Å². The second kappa shape index (κ2) is 12.0. The van der Waals surface area contributed by atoms with Crippen molar-refractivity contribution in [3.63, 3.8) is 0 Å². The van der Waals surface area contributed by atoms with Gasteiger partial charge in [-0.25, -0.2) is 14.4 Å². The summed E-state index contributed by atoms with van der Waals surface area (Å²) in [7, 11) is 0. The van der Waals surface area contributed by atoms with Gasteiger partial charge in [-0.1, -0.05) is 33.6 Å². The van der Waals surface area contributed by atoms with Crippen LogP contribution in [0.15, 0.2) is 38.0 Å². The Hall–Kier alpha value is -2.45. The van der Waals surface area contributed by atoms with Gasteiger partial charge in [-0.15, -0.1) is 0 Å². The molecule has 0 aliphatic rings. The first kappa shape index (κ1) is 24.6. The van der Waals surface area contributed by atoms with E-state index in [9.17, 15) is 19.5 Å². The van der Waals surface area contributed by atoms with E-state index in [1.54, 1.807) is 0 Å². The Labute approximate surface area is 159 Å². The summed E-state index contributed by atoms with van der Waals surface area (Å²) in [6.45, 7) is 12.8. The van der Waals surface area contributed by atoms with Crippen molar-refractivity contribution in [2.24, 2.45) is 10.8 Å². The highest BCUT2D eigenvalue weighted by Crippen LogP contribution is 2.22. The van der Waals surface area contributed by atoms with E-state index >= 15 is 0 Å².